The Morgan fingerprint density at radius 1 is 1.38 bits per heavy atom. The van der Waals surface area contributed by atoms with Crippen molar-refractivity contribution >= 4 is 5.97 Å². The van der Waals surface area contributed by atoms with Crippen LogP contribution in [0.1, 0.15) is 32.6 Å². The fraction of sp³-hybridized carbons (Fsp3) is 0.900. The van der Waals surface area contributed by atoms with Crippen LogP contribution in [-0.4, -0.2) is 41.7 Å². The Hall–Kier alpha value is -0.570. The second-order valence-electron chi connectivity index (χ2n) is 4.12. The zero-order valence-corrected chi connectivity index (χ0v) is 8.46. The van der Waals surface area contributed by atoms with Gasteiger partial charge in [-0.2, -0.15) is 0 Å². The van der Waals surface area contributed by atoms with Crippen LogP contribution >= 0.6 is 0 Å². The van der Waals surface area contributed by atoms with Gasteiger partial charge in [-0.15, -0.1) is 0 Å². The summed E-state index contributed by atoms with van der Waals surface area (Å²) in [6.07, 6.45) is 4.74. The monoisotopic (exact) mass is 186 g/mol. The summed E-state index contributed by atoms with van der Waals surface area (Å²) in [6.45, 7) is 5.70. The molecule has 0 aromatic carbocycles. The molecule has 3 nitrogen and oxygen atoms in total. The normalized spacial score (nSPS) is 20.4. The van der Waals surface area contributed by atoms with Crippen LogP contribution in [0.15, 0.2) is 0 Å². The van der Waals surface area contributed by atoms with Gasteiger partial charge in [-0.3, -0.25) is 0 Å². The van der Waals surface area contributed by atoms with E-state index < -0.39 is 5.97 Å². The first kappa shape index (κ1) is 10.5. The third kappa shape index (κ3) is 2.99. The first-order valence-electron chi connectivity index (χ1n) is 5.25. The lowest BCUT2D eigenvalue weighted by molar-refractivity contribution is -0.910. The van der Waals surface area contributed by atoms with Gasteiger partial charge in [-0.25, -0.2) is 4.79 Å². The van der Waals surface area contributed by atoms with Crippen molar-refractivity contribution in [1.29, 1.82) is 0 Å². The van der Waals surface area contributed by atoms with E-state index in [0.29, 0.717) is 6.54 Å². The molecular formula is C10H20NO2+. The summed E-state index contributed by atoms with van der Waals surface area (Å²) in [7, 11) is 0. The smallest absolute Gasteiger partial charge is 0.359 e. The average Bonchev–Trinajstić information content (AvgIpc) is 2.49. The van der Waals surface area contributed by atoms with Gasteiger partial charge in [-0.1, -0.05) is 13.3 Å². The molecule has 0 aromatic rings. The van der Waals surface area contributed by atoms with Gasteiger partial charge < -0.3 is 9.59 Å². The Balaban J connectivity index is 2.47. The van der Waals surface area contributed by atoms with Gasteiger partial charge in [0, 0.05) is 12.8 Å². The molecule has 1 heterocycles. The highest BCUT2D eigenvalue weighted by Gasteiger charge is 2.33. The van der Waals surface area contributed by atoms with Crippen molar-refractivity contribution in [3.05, 3.63) is 0 Å². The molecule has 1 saturated heterocycles. The zero-order valence-electron chi connectivity index (χ0n) is 8.46. The van der Waals surface area contributed by atoms with Crippen LogP contribution in [0.2, 0.25) is 0 Å². The number of carbonyl (C=O) groups is 1. The molecule has 1 rings (SSSR count). The van der Waals surface area contributed by atoms with Crippen molar-refractivity contribution in [3.8, 4) is 0 Å². The number of aliphatic carboxylic acids is 1. The van der Waals surface area contributed by atoms with E-state index in [-0.39, 0.29) is 0 Å². The maximum atomic E-state index is 10.7. The predicted molar refractivity (Wildman–Crippen MR) is 51.5 cm³/mol. The van der Waals surface area contributed by atoms with E-state index in [1.807, 2.05) is 0 Å². The third-order valence-electron chi connectivity index (χ3n) is 2.97. The zero-order chi connectivity index (χ0) is 9.73. The molecule has 1 fully saturated rings. The van der Waals surface area contributed by atoms with Gasteiger partial charge in [-0.05, 0) is 6.42 Å². The van der Waals surface area contributed by atoms with Crippen LogP contribution in [0.4, 0.5) is 0 Å². The summed E-state index contributed by atoms with van der Waals surface area (Å²) >= 11 is 0. The Kier molecular flexibility index (Phi) is 3.72. The van der Waals surface area contributed by atoms with E-state index in [1.54, 1.807) is 0 Å². The molecule has 0 saturated carbocycles. The summed E-state index contributed by atoms with van der Waals surface area (Å²) in [5.74, 6) is -0.641. The molecule has 0 aromatic heterocycles. The van der Waals surface area contributed by atoms with E-state index >= 15 is 0 Å². The van der Waals surface area contributed by atoms with E-state index in [4.69, 9.17) is 5.11 Å². The average molecular weight is 186 g/mol. The number of nitrogens with zero attached hydrogens (tertiary/aromatic N) is 1. The summed E-state index contributed by atoms with van der Waals surface area (Å²) in [6, 6.07) is 0. The summed E-state index contributed by atoms with van der Waals surface area (Å²) in [5, 5.41) is 8.82. The van der Waals surface area contributed by atoms with E-state index in [2.05, 4.69) is 6.92 Å². The molecule has 0 radical (unpaired) electrons. The molecule has 13 heavy (non-hydrogen) atoms. The highest BCUT2D eigenvalue weighted by molar-refractivity contribution is 5.67. The van der Waals surface area contributed by atoms with Gasteiger partial charge >= 0.3 is 5.97 Å². The minimum atomic E-state index is -0.641. The fourth-order valence-corrected chi connectivity index (χ4v) is 2.25. The van der Waals surface area contributed by atoms with Gasteiger partial charge in [0.1, 0.15) is 0 Å². The van der Waals surface area contributed by atoms with Crippen molar-refractivity contribution in [2.24, 2.45) is 0 Å². The van der Waals surface area contributed by atoms with Crippen molar-refractivity contribution in [2.75, 3.05) is 26.2 Å². The number of rotatable bonds is 5. The lowest BCUT2D eigenvalue weighted by atomic mass is 10.2. The second kappa shape index (κ2) is 4.61. The molecule has 0 atom stereocenters. The summed E-state index contributed by atoms with van der Waals surface area (Å²) in [5.41, 5.74) is 0. The highest BCUT2D eigenvalue weighted by atomic mass is 16.4. The number of hydrogen-bond donors (Lipinski definition) is 1. The first-order valence-corrected chi connectivity index (χ1v) is 5.25. The van der Waals surface area contributed by atoms with Crippen molar-refractivity contribution in [1.82, 2.24) is 0 Å². The molecule has 0 amide bonds. The minimum absolute atomic E-state index is 0.333. The van der Waals surface area contributed by atoms with Crippen LogP contribution in [0.25, 0.3) is 0 Å². The maximum absolute atomic E-state index is 10.7. The second-order valence-corrected chi connectivity index (χ2v) is 4.12. The third-order valence-corrected chi connectivity index (χ3v) is 2.97. The molecule has 0 unspecified atom stereocenters. The fourth-order valence-electron chi connectivity index (χ4n) is 2.25. The van der Waals surface area contributed by atoms with Crippen LogP contribution in [0.5, 0.6) is 0 Å². The van der Waals surface area contributed by atoms with Crippen LogP contribution in [0, 0.1) is 0 Å². The van der Waals surface area contributed by atoms with Crippen LogP contribution in [-0.2, 0) is 4.79 Å². The molecule has 1 aliphatic heterocycles. The van der Waals surface area contributed by atoms with Crippen molar-refractivity contribution < 1.29 is 14.4 Å². The molecule has 76 valence electrons. The van der Waals surface area contributed by atoms with Crippen molar-refractivity contribution in [3.63, 3.8) is 0 Å². The predicted octanol–water partition coefficient (Wildman–Crippen LogP) is 1.48. The topological polar surface area (TPSA) is 37.3 Å². The quantitative estimate of drug-likeness (QED) is 0.660. The molecular weight excluding hydrogens is 166 g/mol. The van der Waals surface area contributed by atoms with Gasteiger partial charge in [0.25, 0.3) is 0 Å². The van der Waals surface area contributed by atoms with Crippen molar-refractivity contribution in [2.45, 2.75) is 32.6 Å². The van der Waals surface area contributed by atoms with Gasteiger partial charge in [0.05, 0.1) is 19.6 Å². The molecule has 1 aliphatic rings. The standard InChI is InChI=1S/C10H19NO2/c1-2-3-6-11(9-10(12)13)7-4-5-8-11/h2-9H2,1H3/p+1. The minimum Gasteiger partial charge on any atom is -0.477 e. The lowest BCUT2D eigenvalue weighted by Crippen LogP contribution is -2.49. The number of carboxylic acids is 1. The number of quaternary nitrogens is 1. The Labute approximate surface area is 79.9 Å². The van der Waals surface area contributed by atoms with E-state index in [9.17, 15) is 4.79 Å². The number of likely N-dealkylation sites (tertiary alicyclic amines) is 1. The largest absolute Gasteiger partial charge is 0.477 e. The maximum Gasteiger partial charge on any atom is 0.359 e. The van der Waals surface area contributed by atoms with Gasteiger partial charge in [0.2, 0.25) is 0 Å². The number of carboxylic acid groups (broad SMARTS) is 1. The van der Waals surface area contributed by atoms with Crippen LogP contribution in [0.3, 0.4) is 0 Å². The Bertz CT molecular complexity index is 174. The molecule has 1 N–H and O–H groups in total. The summed E-state index contributed by atoms with van der Waals surface area (Å²) in [4.78, 5) is 10.7. The Morgan fingerprint density at radius 3 is 2.46 bits per heavy atom. The van der Waals surface area contributed by atoms with Gasteiger partial charge in [0.15, 0.2) is 6.54 Å². The first-order chi connectivity index (χ1) is 6.18. The van der Waals surface area contributed by atoms with E-state index in [0.717, 1.165) is 30.5 Å². The summed E-state index contributed by atoms with van der Waals surface area (Å²) < 4.78 is 0.836. The molecule has 3 heteroatoms. The lowest BCUT2D eigenvalue weighted by Gasteiger charge is -2.32. The van der Waals surface area contributed by atoms with Crippen LogP contribution < -0.4 is 0 Å². The number of hydrogen-bond acceptors (Lipinski definition) is 1. The molecule has 0 spiro atoms. The Morgan fingerprint density at radius 2 is 2.00 bits per heavy atom. The number of unbranched alkanes of at least 4 members (excludes halogenated alkanes) is 1. The molecule has 0 aliphatic carbocycles. The van der Waals surface area contributed by atoms with E-state index in [1.165, 1.54) is 19.3 Å². The molecule has 0 bridgehead atoms. The SMILES string of the molecule is CCCC[N+]1(CC(=O)O)CCCC1. The highest BCUT2D eigenvalue weighted by Crippen LogP contribution is 2.20.